The van der Waals surface area contributed by atoms with Crippen LogP contribution in [0.5, 0.6) is 0 Å². The molecule has 65 heavy (non-hydrogen) atoms. The molecule has 1 amide bonds. The van der Waals surface area contributed by atoms with Crippen LogP contribution < -0.4 is 16.0 Å². The maximum atomic E-state index is 11.1. The second kappa shape index (κ2) is 20.5. The summed E-state index contributed by atoms with van der Waals surface area (Å²) in [5.41, 5.74) is 9.43. The van der Waals surface area contributed by atoms with E-state index in [1.807, 2.05) is 95.1 Å². The highest BCUT2D eigenvalue weighted by molar-refractivity contribution is 5.83. The van der Waals surface area contributed by atoms with E-state index in [1.54, 1.807) is 26.4 Å². The number of carbonyl (C=O) groups excluding carboxylic acids is 1. The van der Waals surface area contributed by atoms with E-state index in [9.17, 15) is 4.79 Å². The number of aromatic nitrogens is 12. The molecule has 0 aromatic carbocycles. The predicted molar refractivity (Wildman–Crippen MR) is 251 cm³/mol. The van der Waals surface area contributed by atoms with Gasteiger partial charge in [-0.2, -0.15) is 20.4 Å². The average Bonchev–Trinajstić information content (AvgIpc) is 3.98. The summed E-state index contributed by atoms with van der Waals surface area (Å²) in [5, 5.41) is 34.8. The highest BCUT2D eigenvalue weighted by Crippen LogP contribution is 2.26. The number of carbonyl (C=O) groups is 1. The van der Waals surface area contributed by atoms with Crippen LogP contribution in [0.15, 0.2) is 98.1 Å². The lowest BCUT2D eigenvalue weighted by molar-refractivity contribution is -0.120. The highest BCUT2D eigenvalue weighted by Gasteiger charge is 2.26. The van der Waals surface area contributed by atoms with Gasteiger partial charge in [0.25, 0.3) is 0 Å². The Labute approximate surface area is 377 Å². The number of rotatable bonds is 16. The predicted octanol–water partition coefficient (Wildman–Crippen LogP) is 7.16. The molecule has 1 aliphatic heterocycles. The van der Waals surface area contributed by atoms with Crippen LogP contribution in [0.1, 0.15) is 64.0 Å². The number of nitrogens with one attached hydrogen (secondary N) is 3. The molecule has 9 rings (SSSR count). The smallest absolute Gasteiger partial charge is 0.217 e. The third-order valence-electron chi connectivity index (χ3n) is 11.0. The summed E-state index contributed by atoms with van der Waals surface area (Å²) in [7, 11) is 1.68. The van der Waals surface area contributed by atoms with Gasteiger partial charge in [-0.3, -0.25) is 29.0 Å². The number of nitrogens with zero attached hydrogens (tertiary/aromatic N) is 13. The van der Waals surface area contributed by atoms with Crippen LogP contribution in [0.4, 0.5) is 23.3 Å². The molecule has 0 aliphatic carbocycles. The quantitative estimate of drug-likeness (QED) is 0.0881. The van der Waals surface area contributed by atoms with Crippen LogP contribution in [0, 0.1) is 0 Å². The summed E-state index contributed by atoms with van der Waals surface area (Å²) in [6.07, 6.45) is 16.0. The fourth-order valence-electron chi connectivity index (χ4n) is 7.29. The largest absolute Gasteiger partial charge is 0.383 e. The third-order valence-corrected chi connectivity index (χ3v) is 11.0. The molecular weight excluding hydrogens is 821 g/mol. The molecule has 18 nitrogen and oxygen atoms in total. The third kappa shape index (κ3) is 11.6. The van der Waals surface area contributed by atoms with Gasteiger partial charge in [-0.1, -0.05) is 27.7 Å². The van der Waals surface area contributed by atoms with Crippen LogP contribution >= 0.6 is 0 Å². The lowest BCUT2D eigenvalue weighted by Gasteiger charge is -2.39. The molecule has 0 radical (unpaired) electrons. The molecule has 0 bridgehead atoms. The molecule has 8 aromatic heterocycles. The first kappa shape index (κ1) is 44.3. The first-order chi connectivity index (χ1) is 31.5. The fourth-order valence-corrected chi connectivity index (χ4v) is 7.29. The first-order valence-electron chi connectivity index (χ1n) is 21.8. The molecule has 0 unspecified atom stereocenters. The van der Waals surface area contributed by atoms with Crippen molar-refractivity contribution in [3.8, 4) is 22.3 Å². The fraction of sp³-hybridized carbons (Fsp3) is 0.340. The van der Waals surface area contributed by atoms with Gasteiger partial charge in [0.05, 0.1) is 66.0 Å². The van der Waals surface area contributed by atoms with E-state index in [-0.39, 0.29) is 5.91 Å². The zero-order chi connectivity index (χ0) is 45.3. The van der Waals surface area contributed by atoms with Gasteiger partial charge >= 0.3 is 0 Å². The van der Waals surface area contributed by atoms with Crippen LogP contribution in [-0.4, -0.2) is 110 Å². The normalized spacial score (nSPS) is 12.9. The number of amides is 1. The van der Waals surface area contributed by atoms with Gasteiger partial charge in [-0.05, 0) is 77.9 Å². The lowest BCUT2D eigenvalue weighted by atomic mass is 10.1. The minimum Gasteiger partial charge on any atom is -0.383 e. The lowest BCUT2D eigenvalue weighted by Crippen LogP contribution is -2.59. The van der Waals surface area contributed by atoms with Crippen LogP contribution in [0.25, 0.3) is 44.3 Å². The van der Waals surface area contributed by atoms with Crippen molar-refractivity contribution in [1.82, 2.24) is 70.1 Å². The second-order valence-corrected chi connectivity index (χ2v) is 16.7. The number of aryl methyl sites for hydroxylation is 1. The second-order valence-electron chi connectivity index (χ2n) is 16.7. The molecule has 0 atom stereocenters. The number of pyridine rings is 4. The minimum atomic E-state index is 0.0420. The summed E-state index contributed by atoms with van der Waals surface area (Å²) in [6.45, 7) is 15.1. The Morgan fingerprint density at radius 3 is 1.66 bits per heavy atom. The standard InChI is InChI=1S/C26H31N9O.C21H23N7O/c1-17(2)19-10-26(33-28-12-19)32-25-6-5-23-24(31-25)9-20(11-27-23)21-13-29-35(14-21)8-4-7-34-15-22(16-34)30-18(3)36;1-14(2)15-9-21(27-23-11-15)26-20-5-4-18-19(25-20)8-16(10-22-18)17-12-24-28(13-17)6-7-29-3/h5-6,9-14,17,22H,4,7-8,15-16H2,1-3H3,(H,30,36)(H,31,32,33);4-5,8-14H,6-7H2,1-3H3,(H,25,26,27). The monoisotopic (exact) mass is 874 g/mol. The number of fused-ring (bicyclic) bond motifs is 2. The molecule has 1 aliphatic rings. The maximum absolute atomic E-state index is 11.1. The highest BCUT2D eigenvalue weighted by atomic mass is 16.5. The molecule has 9 heterocycles. The van der Waals surface area contributed by atoms with Crippen molar-refractivity contribution in [2.45, 2.75) is 72.0 Å². The van der Waals surface area contributed by atoms with Crippen molar-refractivity contribution in [3.63, 3.8) is 0 Å². The van der Waals surface area contributed by atoms with E-state index in [0.29, 0.717) is 54.3 Å². The van der Waals surface area contributed by atoms with Crippen LogP contribution in [0.2, 0.25) is 0 Å². The topological polar surface area (TPSA) is 204 Å². The zero-order valence-corrected chi connectivity index (χ0v) is 37.5. The molecule has 8 aromatic rings. The molecule has 0 saturated carbocycles. The molecule has 0 spiro atoms. The Bertz CT molecular complexity index is 2870. The van der Waals surface area contributed by atoms with Crippen LogP contribution in [0.3, 0.4) is 0 Å². The van der Waals surface area contributed by atoms with Crippen molar-refractivity contribution >= 4 is 51.2 Å². The van der Waals surface area contributed by atoms with Crippen LogP contribution in [-0.2, 0) is 22.6 Å². The van der Waals surface area contributed by atoms with Gasteiger partial charge in [0.1, 0.15) is 11.6 Å². The minimum absolute atomic E-state index is 0.0420. The SMILES string of the molecule is CC(=O)NC1CN(CCCn2cc(-c3cnc4ccc(Nc5cc(C(C)C)cnn5)nc4c3)cn2)C1.COCCn1cc(-c2cnc3ccc(Nc4cc(C(C)C)cnn4)nc3c2)cn1. The van der Waals surface area contributed by atoms with Crippen molar-refractivity contribution < 1.29 is 9.53 Å². The Morgan fingerprint density at radius 1 is 0.646 bits per heavy atom. The van der Waals surface area contributed by atoms with Crippen molar-refractivity contribution in [3.05, 3.63) is 109 Å². The van der Waals surface area contributed by atoms with Crippen molar-refractivity contribution in [2.24, 2.45) is 0 Å². The Balaban J connectivity index is 0.000000181. The van der Waals surface area contributed by atoms with E-state index in [0.717, 1.165) is 88.0 Å². The van der Waals surface area contributed by atoms with E-state index in [1.165, 1.54) is 0 Å². The molecule has 1 fully saturated rings. The molecular formula is C47H54N16O2. The van der Waals surface area contributed by atoms with E-state index in [2.05, 4.69) is 89.1 Å². The number of hydrogen-bond acceptors (Lipinski definition) is 15. The van der Waals surface area contributed by atoms with E-state index >= 15 is 0 Å². The summed E-state index contributed by atoms with van der Waals surface area (Å²) in [6, 6.07) is 16.0. The van der Waals surface area contributed by atoms with E-state index in [4.69, 9.17) is 14.7 Å². The average molecular weight is 875 g/mol. The van der Waals surface area contributed by atoms with Gasteiger partial charge in [0.15, 0.2) is 11.6 Å². The maximum Gasteiger partial charge on any atom is 0.217 e. The van der Waals surface area contributed by atoms with Gasteiger partial charge in [0.2, 0.25) is 5.91 Å². The zero-order valence-electron chi connectivity index (χ0n) is 37.5. The van der Waals surface area contributed by atoms with Crippen molar-refractivity contribution in [1.29, 1.82) is 0 Å². The Hall–Kier alpha value is -7.31. The Kier molecular flexibility index (Phi) is 13.9. The molecule has 18 heteroatoms. The summed E-state index contributed by atoms with van der Waals surface area (Å²) >= 11 is 0. The number of methoxy groups -OCH3 is 1. The number of hydrogen-bond donors (Lipinski definition) is 3. The summed E-state index contributed by atoms with van der Waals surface area (Å²) in [5.74, 6) is 3.53. The first-order valence-corrected chi connectivity index (χ1v) is 21.8. The molecule has 3 N–H and O–H groups in total. The summed E-state index contributed by atoms with van der Waals surface area (Å²) < 4.78 is 8.93. The van der Waals surface area contributed by atoms with Gasteiger partial charge in [-0.15, -0.1) is 10.2 Å². The number of ether oxygens (including phenoxy) is 1. The number of anilines is 4. The number of likely N-dealkylation sites (tertiary alicyclic amines) is 1. The van der Waals surface area contributed by atoms with E-state index < -0.39 is 0 Å². The molecule has 334 valence electrons. The van der Waals surface area contributed by atoms with Gasteiger partial charge in [-0.25, -0.2) is 9.97 Å². The van der Waals surface area contributed by atoms with Gasteiger partial charge in [0, 0.05) is 87.3 Å². The molecule has 1 saturated heterocycles. The Morgan fingerprint density at radius 2 is 1.17 bits per heavy atom. The van der Waals surface area contributed by atoms with Crippen molar-refractivity contribution in [2.75, 3.05) is 44.0 Å². The van der Waals surface area contributed by atoms with Gasteiger partial charge < -0.3 is 20.7 Å². The summed E-state index contributed by atoms with van der Waals surface area (Å²) in [4.78, 5) is 32.0.